The number of aromatic nitrogens is 1. The highest BCUT2D eigenvalue weighted by molar-refractivity contribution is 5.97. The first kappa shape index (κ1) is 19.7. The summed E-state index contributed by atoms with van der Waals surface area (Å²) < 4.78 is 28.1. The van der Waals surface area contributed by atoms with E-state index in [2.05, 4.69) is 5.32 Å². The molecule has 2 atom stereocenters. The Balaban J connectivity index is 1.97. The number of likely N-dealkylation sites (N-methyl/N-ethyl adjacent to an activating group) is 1. The van der Waals surface area contributed by atoms with Crippen LogP contribution in [0.5, 0.6) is 5.75 Å². The lowest BCUT2D eigenvalue weighted by Crippen LogP contribution is -2.37. The van der Waals surface area contributed by atoms with Gasteiger partial charge in [-0.2, -0.15) is 0 Å². The molecule has 8 nitrogen and oxygen atoms in total. The van der Waals surface area contributed by atoms with Gasteiger partial charge in [-0.3, -0.25) is 4.79 Å². The zero-order chi connectivity index (χ0) is 20.9. The topological polar surface area (TPSA) is 93.0 Å². The van der Waals surface area contributed by atoms with Crippen molar-refractivity contribution in [1.29, 1.82) is 0 Å². The van der Waals surface area contributed by atoms with Crippen molar-refractivity contribution in [3.63, 3.8) is 0 Å². The standard InChI is InChI=1S/C20H24FN3O5/c1-22-14-8-23(9-15(14)28-2)17-13(21)6-11-16(19(17)29-3)24(10-4-5-10)7-12(18(11)25)20(26)27/h6-7,10,14-15,22H,4-5,8-9H2,1-3H3,(H,26,27). The zero-order valence-corrected chi connectivity index (χ0v) is 16.6. The average molecular weight is 405 g/mol. The predicted octanol–water partition coefficient (Wildman–Crippen LogP) is 1.61. The van der Waals surface area contributed by atoms with E-state index in [0.717, 1.165) is 18.9 Å². The van der Waals surface area contributed by atoms with Gasteiger partial charge < -0.3 is 29.4 Å². The number of carbonyl (C=O) groups is 1. The number of nitrogens with one attached hydrogen (secondary N) is 1. The number of methoxy groups -OCH3 is 2. The van der Waals surface area contributed by atoms with Crippen LogP contribution in [0.4, 0.5) is 10.1 Å². The summed E-state index contributed by atoms with van der Waals surface area (Å²) in [4.78, 5) is 26.1. The van der Waals surface area contributed by atoms with Crippen LogP contribution in [0.3, 0.4) is 0 Å². The third-order valence-electron chi connectivity index (χ3n) is 5.83. The summed E-state index contributed by atoms with van der Waals surface area (Å²) >= 11 is 0. The van der Waals surface area contributed by atoms with Gasteiger partial charge in [-0.1, -0.05) is 0 Å². The summed E-state index contributed by atoms with van der Waals surface area (Å²) in [6.07, 6.45) is 2.96. The molecule has 1 aliphatic carbocycles. The molecule has 1 aromatic heterocycles. The molecule has 2 aromatic rings. The van der Waals surface area contributed by atoms with Crippen molar-refractivity contribution in [2.45, 2.75) is 31.0 Å². The monoisotopic (exact) mass is 405 g/mol. The summed E-state index contributed by atoms with van der Waals surface area (Å²) in [7, 11) is 4.88. The molecular weight excluding hydrogens is 381 g/mol. The minimum atomic E-state index is -1.32. The molecule has 2 heterocycles. The van der Waals surface area contributed by atoms with Gasteiger partial charge >= 0.3 is 5.97 Å². The quantitative estimate of drug-likeness (QED) is 0.754. The second-order valence-electron chi connectivity index (χ2n) is 7.53. The fraction of sp³-hybridized carbons (Fsp3) is 0.500. The zero-order valence-electron chi connectivity index (χ0n) is 16.6. The fourth-order valence-electron chi connectivity index (χ4n) is 4.20. The second-order valence-corrected chi connectivity index (χ2v) is 7.53. The normalized spacial score (nSPS) is 21.7. The van der Waals surface area contributed by atoms with E-state index in [1.165, 1.54) is 13.3 Å². The SMILES string of the molecule is CNC1CN(c2c(F)cc3c(=O)c(C(=O)O)cn(C4CC4)c3c2OC)CC1OC. The van der Waals surface area contributed by atoms with Crippen LogP contribution in [-0.2, 0) is 4.74 Å². The first-order valence-electron chi connectivity index (χ1n) is 9.54. The summed E-state index contributed by atoms with van der Waals surface area (Å²) in [5, 5.41) is 12.6. The second kappa shape index (κ2) is 7.31. The number of halogens is 1. The van der Waals surface area contributed by atoms with Crippen LogP contribution in [0.1, 0.15) is 29.2 Å². The number of hydrogen-bond donors (Lipinski definition) is 2. The summed E-state index contributed by atoms with van der Waals surface area (Å²) in [6, 6.07) is 1.22. The van der Waals surface area contributed by atoms with Crippen molar-refractivity contribution in [1.82, 2.24) is 9.88 Å². The van der Waals surface area contributed by atoms with E-state index in [1.54, 1.807) is 11.7 Å². The Morgan fingerprint density at radius 3 is 2.55 bits per heavy atom. The van der Waals surface area contributed by atoms with E-state index in [4.69, 9.17) is 9.47 Å². The maximum Gasteiger partial charge on any atom is 0.341 e. The van der Waals surface area contributed by atoms with Gasteiger partial charge in [0.1, 0.15) is 11.3 Å². The molecule has 29 heavy (non-hydrogen) atoms. The van der Waals surface area contributed by atoms with Gasteiger partial charge in [0.05, 0.1) is 30.2 Å². The van der Waals surface area contributed by atoms with Crippen molar-refractivity contribution in [2.24, 2.45) is 0 Å². The average Bonchev–Trinajstić information content (AvgIpc) is 3.46. The Bertz CT molecular complexity index is 1020. The molecule has 0 bridgehead atoms. The largest absolute Gasteiger partial charge is 0.492 e. The van der Waals surface area contributed by atoms with Gasteiger partial charge in [-0.25, -0.2) is 9.18 Å². The summed E-state index contributed by atoms with van der Waals surface area (Å²) in [6.45, 7) is 0.969. The van der Waals surface area contributed by atoms with Crippen molar-refractivity contribution in [3.05, 3.63) is 33.9 Å². The number of rotatable bonds is 6. The van der Waals surface area contributed by atoms with E-state index in [9.17, 15) is 14.7 Å². The molecular formula is C20H24FN3O5. The van der Waals surface area contributed by atoms with Gasteiger partial charge in [0, 0.05) is 32.4 Å². The highest BCUT2D eigenvalue weighted by Gasteiger charge is 2.37. The third kappa shape index (κ3) is 3.14. The van der Waals surface area contributed by atoms with E-state index in [-0.39, 0.29) is 40.6 Å². The lowest BCUT2D eigenvalue weighted by molar-refractivity contribution is 0.0694. The molecule has 1 aromatic carbocycles. The number of anilines is 1. The summed E-state index contributed by atoms with van der Waals surface area (Å²) in [5.41, 5.74) is -0.383. The van der Waals surface area contributed by atoms with Crippen molar-refractivity contribution in [2.75, 3.05) is 39.3 Å². The molecule has 9 heteroatoms. The number of nitrogens with zero attached hydrogens (tertiary/aromatic N) is 2. The van der Waals surface area contributed by atoms with Crippen molar-refractivity contribution in [3.8, 4) is 5.75 Å². The third-order valence-corrected chi connectivity index (χ3v) is 5.83. The number of aromatic carboxylic acids is 1. The van der Waals surface area contributed by atoms with Crippen molar-refractivity contribution < 1.29 is 23.8 Å². The van der Waals surface area contributed by atoms with E-state index >= 15 is 4.39 Å². The maximum absolute atomic E-state index is 15.3. The van der Waals surface area contributed by atoms with Crippen LogP contribution in [0.2, 0.25) is 0 Å². The number of carboxylic acids is 1. The molecule has 1 saturated heterocycles. The molecule has 2 aliphatic rings. The van der Waals surface area contributed by atoms with E-state index in [0.29, 0.717) is 18.6 Å². The molecule has 4 rings (SSSR count). The van der Waals surface area contributed by atoms with Crippen LogP contribution in [0.15, 0.2) is 17.1 Å². The Labute approximate surface area is 166 Å². The number of ether oxygens (including phenoxy) is 2. The van der Waals surface area contributed by atoms with E-state index in [1.807, 2.05) is 11.9 Å². The Kier molecular flexibility index (Phi) is 4.95. The van der Waals surface area contributed by atoms with Crippen molar-refractivity contribution >= 4 is 22.6 Å². The fourth-order valence-corrected chi connectivity index (χ4v) is 4.20. The van der Waals surface area contributed by atoms with Crippen LogP contribution in [-0.4, -0.2) is 62.1 Å². The Morgan fingerprint density at radius 2 is 2.03 bits per heavy atom. The lowest BCUT2D eigenvalue weighted by Gasteiger charge is -2.24. The molecule has 2 fully saturated rings. The molecule has 1 saturated carbocycles. The first-order chi connectivity index (χ1) is 13.9. The van der Waals surface area contributed by atoms with Crippen LogP contribution in [0, 0.1) is 5.82 Å². The summed E-state index contributed by atoms with van der Waals surface area (Å²) in [5.74, 6) is -1.70. The predicted molar refractivity (Wildman–Crippen MR) is 106 cm³/mol. The molecule has 1 aliphatic heterocycles. The number of benzene rings is 1. The van der Waals surface area contributed by atoms with Crippen LogP contribution < -0.4 is 20.4 Å². The van der Waals surface area contributed by atoms with Crippen LogP contribution >= 0.6 is 0 Å². The van der Waals surface area contributed by atoms with Gasteiger partial charge in [-0.05, 0) is 26.0 Å². The maximum atomic E-state index is 15.3. The first-order valence-corrected chi connectivity index (χ1v) is 9.54. The number of pyridine rings is 1. The van der Waals surface area contributed by atoms with Crippen LogP contribution in [0.25, 0.3) is 10.9 Å². The van der Waals surface area contributed by atoms with Gasteiger partial charge in [0.25, 0.3) is 0 Å². The van der Waals surface area contributed by atoms with E-state index < -0.39 is 17.2 Å². The highest BCUT2D eigenvalue weighted by atomic mass is 19.1. The number of hydrogen-bond acceptors (Lipinski definition) is 6. The number of fused-ring (bicyclic) bond motifs is 1. The molecule has 0 radical (unpaired) electrons. The highest BCUT2D eigenvalue weighted by Crippen LogP contribution is 2.44. The smallest absolute Gasteiger partial charge is 0.341 e. The molecule has 2 N–H and O–H groups in total. The van der Waals surface area contributed by atoms with Gasteiger partial charge in [0.15, 0.2) is 11.6 Å². The minimum absolute atomic E-state index is 0.0137. The number of carboxylic acid groups (broad SMARTS) is 1. The Morgan fingerprint density at radius 1 is 1.31 bits per heavy atom. The Hall–Kier alpha value is -2.65. The molecule has 0 amide bonds. The lowest BCUT2D eigenvalue weighted by atomic mass is 10.1. The molecule has 156 valence electrons. The van der Waals surface area contributed by atoms with Gasteiger partial charge in [-0.15, -0.1) is 0 Å². The molecule has 0 spiro atoms. The minimum Gasteiger partial charge on any atom is -0.492 e. The molecule has 2 unspecified atom stereocenters. The van der Waals surface area contributed by atoms with Gasteiger partial charge in [0.2, 0.25) is 5.43 Å².